The number of hydrogen-bond acceptors (Lipinski definition) is 6. The number of ether oxygens (including phenoxy) is 1. The largest absolute Gasteiger partial charge is 0.483 e. The van der Waals surface area contributed by atoms with Crippen LogP contribution in [0, 0.1) is 18.2 Å². The highest BCUT2D eigenvalue weighted by molar-refractivity contribution is 8.19. The number of para-hydroxylation sites is 1. The first kappa shape index (κ1) is 27.9. The van der Waals surface area contributed by atoms with E-state index in [-0.39, 0.29) is 28.1 Å². The topological polar surface area (TPSA) is 109 Å². The van der Waals surface area contributed by atoms with Crippen LogP contribution in [-0.4, -0.2) is 33.0 Å². The Hall–Kier alpha value is -4.61. The van der Waals surface area contributed by atoms with Gasteiger partial charge in [-0.15, -0.1) is 0 Å². The second kappa shape index (κ2) is 11.5. The monoisotopic (exact) mass is 591 g/mol. The van der Waals surface area contributed by atoms with Crippen LogP contribution < -0.4 is 20.5 Å². The normalized spacial score (nSPS) is 14.1. The zero-order chi connectivity index (χ0) is 29.3. The van der Waals surface area contributed by atoms with Crippen molar-refractivity contribution < 1.29 is 18.7 Å². The fourth-order valence-corrected chi connectivity index (χ4v) is 5.30. The zero-order valence-electron chi connectivity index (χ0n) is 21.9. The molecule has 0 aliphatic carbocycles. The maximum atomic E-state index is 13.5. The molecule has 208 valence electrons. The van der Waals surface area contributed by atoms with E-state index in [0.717, 1.165) is 16.7 Å². The van der Waals surface area contributed by atoms with Gasteiger partial charge in [0.2, 0.25) is 0 Å². The van der Waals surface area contributed by atoms with Gasteiger partial charge in [0.15, 0.2) is 11.8 Å². The van der Waals surface area contributed by atoms with Crippen LogP contribution in [0.3, 0.4) is 0 Å². The molecule has 1 fully saturated rings. The van der Waals surface area contributed by atoms with Gasteiger partial charge in [0.1, 0.15) is 17.3 Å². The van der Waals surface area contributed by atoms with Gasteiger partial charge in [-0.1, -0.05) is 29.8 Å². The van der Waals surface area contributed by atoms with E-state index >= 15 is 0 Å². The Labute approximate surface area is 243 Å². The summed E-state index contributed by atoms with van der Waals surface area (Å²) in [7, 11) is 1.71. The zero-order valence-corrected chi connectivity index (χ0v) is 23.4. The fraction of sp³-hybridized carbons (Fsp3) is 0.103. The second-order valence-corrected chi connectivity index (χ2v) is 10.5. The lowest BCUT2D eigenvalue weighted by atomic mass is 10.1. The molecule has 0 unspecified atom stereocenters. The molecule has 1 aliphatic rings. The first-order valence-corrected chi connectivity index (χ1v) is 13.5. The third-order valence-electron chi connectivity index (χ3n) is 6.32. The van der Waals surface area contributed by atoms with Crippen LogP contribution in [0.2, 0.25) is 5.02 Å². The number of halogens is 2. The molecule has 5 rings (SSSR count). The second-order valence-electron chi connectivity index (χ2n) is 8.99. The summed E-state index contributed by atoms with van der Waals surface area (Å²) in [6.07, 6.45) is 1.51. The summed E-state index contributed by atoms with van der Waals surface area (Å²) in [5.74, 6) is -1.17. The van der Waals surface area contributed by atoms with E-state index in [1.807, 2.05) is 6.07 Å². The average molecular weight is 592 g/mol. The maximum Gasteiger partial charge on any atom is 0.296 e. The Kier molecular flexibility index (Phi) is 7.82. The van der Waals surface area contributed by atoms with Crippen molar-refractivity contribution in [2.45, 2.75) is 6.92 Å². The number of hydrogen-bond donors (Lipinski definition) is 2. The molecule has 41 heavy (non-hydrogen) atoms. The van der Waals surface area contributed by atoms with Gasteiger partial charge in [-0.2, -0.15) is 0 Å². The van der Waals surface area contributed by atoms with Crippen LogP contribution in [-0.2, 0) is 16.6 Å². The lowest BCUT2D eigenvalue weighted by molar-refractivity contribution is -0.118. The van der Waals surface area contributed by atoms with E-state index in [4.69, 9.17) is 21.7 Å². The summed E-state index contributed by atoms with van der Waals surface area (Å²) < 4.78 is 21.9. The van der Waals surface area contributed by atoms with Gasteiger partial charge in [-0.25, -0.2) is 14.0 Å². The molecule has 2 N–H and O–H groups in total. The van der Waals surface area contributed by atoms with Gasteiger partial charge >= 0.3 is 0 Å². The third-order valence-corrected chi connectivity index (χ3v) is 7.44. The number of anilines is 2. The molecular formula is C29H23ClFN5O4S. The lowest BCUT2D eigenvalue weighted by Crippen LogP contribution is -2.33. The molecule has 2 heterocycles. The quantitative estimate of drug-likeness (QED) is 0.282. The number of aromatic nitrogens is 2. The molecule has 0 atom stereocenters. The summed E-state index contributed by atoms with van der Waals surface area (Å²) in [6, 6.07) is 19.0. The van der Waals surface area contributed by atoms with Gasteiger partial charge in [0.25, 0.3) is 17.4 Å². The van der Waals surface area contributed by atoms with Gasteiger partial charge in [0.05, 0.1) is 16.3 Å². The van der Waals surface area contributed by atoms with E-state index in [9.17, 15) is 18.8 Å². The highest BCUT2D eigenvalue weighted by Gasteiger charge is 2.38. The minimum absolute atomic E-state index is 0.0854. The smallest absolute Gasteiger partial charge is 0.296 e. The van der Waals surface area contributed by atoms with E-state index in [0.29, 0.717) is 27.7 Å². The number of amidine groups is 1. The Morgan fingerprint density at radius 2 is 1.80 bits per heavy atom. The molecule has 1 aliphatic heterocycles. The van der Waals surface area contributed by atoms with Crippen LogP contribution in [0.15, 0.2) is 82.5 Å². The van der Waals surface area contributed by atoms with Crippen molar-refractivity contribution in [1.29, 1.82) is 5.41 Å². The Bertz CT molecular complexity index is 1770. The Morgan fingerprint density at radius 1 is 1.10 bits per heavy atom. The number of amides is 2. The SMILES string of the molecule is Cc1c(N2C(=N)S/C(=C\c3cc(Cl)ccc3OCC(=O)Nc3ccc(F)cc3)C2=O)c(=O)n(-c2ccccc2)n1C. The van der Waals surface area contributed by atoms with Crippen molar-refractivity contribution in [2.75, 3.05) is 16.8 Å². The molecule has 1 saturated heterocycles. The average Bonchev–Trinajstić information content (AvgIpc) is 3.34. The van der Waals surface area contributed by atoms with Crippen LogP contribution in [0.4, 0.5) is 15.8 Å². The molecule has 9 nitrogen and oxygen atoms in total. The van der Waals surface area contributed by atoms with Gasteiger partial charge in [0, 0.05) is 23.3 Å². The van der Waals surface area contributed by atoms with Gasteiger partial charge < -0.3 is 10.1 Å². The summed E-state index contributed by atoms with van der Waals surface area (Å²) in [5, 5.41) is 11.4. The number of thioether (sulfide) groups is 1. The van der Waals surface area contributed by atoms with Gasteiger partial charge in [-0.3, -0.25) is 24.5 Å². The summed E-state index contributed by atoms with van der Waals surface area (Å²) in [5.41, 5.74) is 1.60. The van der Waals surface area contributed by atoms with Crippen molar-refractivity contribution >= 4 is 57.8 Å². The molecule has 0 saturated carbocycles. The number of carbonyl (C=O) groups excluding carboxylic acids is 2. The molecule has 3 aromatic carbocycles. The summed E-state index contributed by atoms with van der Waals surface area (Å²) in [6.45, 7) is 1.35. The molecular weight excluding hydrogens is 569 g/mol. The van der Waals surface area contributed by atoms with Crippen molar-refractivity contribution in [3.05, 3.63) is 110 Å². The number of nitrogens with zero attached hydrogens (tertiary/aromatic N) is 3. The molecule has 0 spiro atoms. The Morgan fingerprint density at radius 3 is 2.51 bits per heavy atom. The van der Waals surface area contributed by atoms with Crippen LogP contribution in [0.5, 0.6) is 5.75 Å². The number of nitrogens with one attached hydrogen (secondary N) is 2. The van der Waals surface area contributed by atoms with E-state index in [1.54, 1.807) is 61.1 Å². The first-order valence-electron chi connectivity index (χ1n) is 12.3. The fourth-order valence-electron chi connectivity index (χ4n) is 4.28. The number of rotatable bonds is 7. The van der Waals surface area contributed by atoms with E-state index in [2.05, 4.69) is 5.32 Å². The van der Waals surface area contributed by atoms with Crippen molar-refractivity contribution in [3.8, 4) is 11.4 Å². The highest BCUT2D eigenvalue weighted by atomic mass is 35.5. The molecule has 0 radical (unpaired) electrons. The molecule has 4 aromatic rings. The molecule has 2 amide bonds. The van der Waals surface area contributed by atoms with E-state index < -0.39 is 23.2 Å². The molecule has 12 heteroatoms. The van der Waals surface area contributed by atoms with Crippen LogP contribution in [0.1, 0.15) is 11.3 Å². The molecule has 0 bridgehead atoms. The van der Waals surface area contributed by atoms with E-state index in [1.165, 1.54) is 35.0 Å². The van der Waals surface area contributed by atoms with Crippen molar-refractivity contribution in [1.82, 2.24) is 9.36 Å². The Balaban J connectivity index is 1.40. The van der Waals surface area contributed by atoms with Crippen molar-refractivity contribution in [3.63, 3.8) is 0 Å². The minimum atomic E-state index is -0.550. The number of benzene rings is 3. The number of carbonyl (C=O) groups is 2. The van der Waals surface area contributed by atoms with Crippen LogP contribution >= 0.6 is 23.4 Å². The third kappa shape index (κ3) is 5.67. The van der Waals surface area contributed by atoms with Gasteiger partial charge in [-0.05, 0) is 79.4 Å². The first-order chi connectivity index (χ1) is 19.6. The van der Waals surface area contributed by atoms with Crippen LogP contribution in [0.25, 0.3) is 11.8 Å². The maximum absolute atomic E-state index is 13.5. The highest BCUT2D eigenvalue weighted by Crippen LogP contribution is 2.37. The predicted octanol–water partition coefficient (Wildman–Crippen LogP) is 5.35. The predicted molar refractivity (Wildman–Crippen MR) is 159 cm³/mol. The molecule has 1 aromatic heterocycles. The minimum Gasteiger partial charge on any atom is -0.483 e. The van der Waals surface area contributed by atoms with Crippen molar-refractivity contribution in [2.24, 2.45) is 7.05 Å². The standard InChI is InChI=1S/C29H23ClFN5O4S/c1-17-26(28(39)36(34(17)2)22-6-4-3-5-7-22)35-27(38)24(41-29(35)32)15-18-14-19(30)8-13-23(18)40-16-25(37)33-21-11-9-20(31)10-12-21/h3-15,32H,16H2,1-2H3,(H,33,37)/b24-15-,32-29?. The summed E-state index contributed by atoms with van der Waals surface area (Å²) >= 11 is 7.11. The summed E-state index contributed by atoms with van der Waals surface area (Å²) in [4.78, 5) is 40.7. The lowest BCUT2D eigenvalue weighted by Gasteiger charge is -2.12.